The number of hydrogen-bond acceptors (Lipinski definition) is 4. The number of likely N-dealkylation sites (tertiary alicyclic amines) is 2. The standard InChI is InChI=1S/C39H47N3O4/c43-36(33-24-8-9-25-34(33)38(45)41-27-11-3-12-28-41)39(46)42-29-13-10-26-35(42)37(44)40-32(22-14-20-30-16-4-1-5-17-30)23-15-21-31-18-6-2-7-19-31/h1-2,4-9,16-19,24-25,32,35H,3,10-15,20-23,26-29H2,(H,40,44). The summed E-state index contributed by atoms with van der Waals surface area (Å²) in [6.07, 6.45) is 10.4. The molecule has 0 aliphatic carbocycles. The highest BCUT2D eigenvalue weighted by molar-refractivity contribution is 6.44. The molecule has 242 valence electrons. The van der Waals surface area contributed by atoms with E-state index in [1.807, 2.05) is 36.4 Å². The second-order valence-electron chi connectivity index (χ2n) is 12.7. The number of hydrogen-bond donors (Lipinski definition) is 1. The van der Waals surface area contributed by atoms with Crippen LogP contribution in [-0.2, 0) is 22.4 Å². The van der Waals surface area contributed by atoms with Crippen molar-refractivity contribution < 1.29 is 19.2 Å². The highest BCUT2D eigenvalue weighted by atomic mass is 16.2. The first kappa shape index (κ1) is 33.1. The number of nitrogens with zero attached hydrogens (tertiary/aromatic N) is 2. The molecular formula is C39H47N3O4. The fraction of sp³-hybridized carbons (Fsp3) is 0.436. The lowest BCUT2D eigenvalue weighted by atomic mass is 9.96. The molecule has 0 aromatic heterocycles. The maximum Gasteiger partial charge on any atom is 0.295 e. The van der Waals surface area contributed by atoms with E-state index in [0.717, 1.165) is 70.6 Å². The van der Waals surface area contributed by atoms with Crippen LogP contribution >= 0.6 is 0 Å². The van der Waals surface area contributed by atoms with Gasteiger partial charge in [-0.3, -0.25) is 19.2 Å². The first-order valence-electron chi connectivity index (χ1n) is 17.1. The van der Waals surface area contributed by atoms with Gasteiger partial charge in [-0.1, -0.05) is 78.9 Å². The molecule has 0 spiro atoms. The maximum absolute atomic E-state index is 13.9. The predicted molar refractivity (Wildman–Crippen MR) is 181 cm³/mol. The molecule has 46 heavy (non-hydrogen) atoms. The Kier molecular flexibility index (Phi) is 12.2. The van der Waals surface area contributed by atoms with Crippen molar-refractivity contribution in [3.05, 3.63) is 107 Å². The van der Waals surface area contributed by atoms with Gasteiger partial charge in [0.2, 0.25) is 5.91 Å². The van der Waals surface area contributed by atoms with Gasteiger partial charge < -0.3 is 15.1 Å². The van der Waals surface area contributed by atoms with Crippen molar-refractivity contribution in [3.63, 3.8) is 0 Å². The Labute approximate surface area is 273 Å². The van der Waals surface area contributed by atoms with E-state index < -0.39 is 17.7 Å². The van der Waals surface area contributed by atoms with Gasteiger partial charge in [0.15, 0.2) is 0 Å². The number of piperidine rings is 2. The van der Waals surface area contributed by atoms with Crippen molar-refractivity contribution in [2.75, 3.05) is 19.6 Å². The minimum Gasteiger partial charge on any atom is -0.352 e. The number of rotatable bonds is 13. The third-order valence-corrected chi connectivity index (χ3v) is 9.37. The summed E-state index contributed by atoms with van der Waals surface area (Å²) < 4.78 is 0. The largest absolute Gasteiger partial charge is 0.352 e. The number of nitrogens with one attached hydrogen (secondary N) is 1. The molecule has 3 amide bonds. The SMILES string of the molecule is O=C(C(=O)N1CCCCC1C(=O)NC(CCCc1ccccc1)CCCc1ccccc1)c1ccccc1C(=O)N1CCCCC1. The number of benzene rings is 3. The van der Waals surface area contributed by atoms with Gasteiger partial charge in [-0.2, -0.15) is 0 Å². The number of Topliss-reactive ketones (excluding diaryl/α,β-unsaturated/α-hetero) is 1. The summed E-state index contributed by atoms with van der Waals surface area (Å²) in [5, 5.41) is 3.29. The zero-order valence-corrected chi connectivity index (χ0v) is 26.9. The molecule has 5 rings (SSSR count). The van der Waals surface area contributed by atoms with E-state index in [-0.39, 0.29) is 29.0 Å². The summed E-state index contributed by atoms with van der Waals surface area (Å²) in [6.45, 7) is 1.65. The molecule has 2 aliphatic rings. The smallest absolute Gasteiger partial charge is 0.295 e. The first-order valence-corrected chi connectivity index (χ1v) is 17.1. The molecule has 0 saturated carbocycles. The van der Waals surface area contributed by atoms with Crippen LogP contribution in [0, 0.1) is 0 Å². The van der Waals surface area contributed by atoms with Crippen LogP contribution in [0.2, 0.25) is 0 Å². The van der Waals surface area contributed by atoms with E-state index in [1.54, 1.807) is 29.2 Å². The molecule has 1 atom stereocenters. The number of aryl methyl sites for hydroxylation is 2. The summed E-state index contributed by atoms with van der Waals surface area (Å²) in [5.41, 5.74) is 2.93. The van der Waals surface area contributed by atoms with Crippen LogP contribution in [0.5, 0.6) is 0 Å². The highest BCUT2D eigenvalue weighted by Crippen LogP contribution is 2.23. The summed E-state index contributed by atoms with van der Waals surface area (Å²) in [4.78, 5) is 57.9. The average molecular weight is 622 g/mol. The van der Waals surface area contributed by atoms with E-state index in [9.17, 15) is 19.2 Å². The van der Waals surface area contributed by atoms with Gasteiger partial charge in [-0.15, -0.1) is 0 Å². The van der Waals surface area contributed by atoms with Gasteiger partial charge in [-0.05, 0) is 94.2 Å². The van der Waals surface area contributed by atoms with E-state index >= 15 is 0 Å². The van der Waals surface area contributed by atoms with Crippen molar-refractivity contribution >= 4 is 23.5 Å². The van der Waals surface area contributed by atoms with E-state index in [4.69, 9.17) is 0 Å². The Hall–Kier alpha value is -4.26. The van der Waals surface area contributed by atoms with Crippen LogP contribution in [0.3, 0.4) is 0 Å². The van der Waals surface area contributed by atoms with Crippen LogP contribution < -0.4 is 5.32 Å². The van der Waals surface area contributed by atoms with Crippen molar-refractivity contribution in [2.24, 2.45) is 0 Å². The van der Waals surface area contributed by atoms with Gasteiger partial charge in [0.05, 0.1) is 5.56 Å². The summed E-state index contributed by atoms with van der Waals surface area (Å²) in [5.74, 6) is -1.83. The Bertz CT molecular complexity index is 1410. The average Bonchev–Trinajstić information content (AvgIpc) is 3.12. The Morgan fingerprint density at radius 2 is 1.20 bits per heavy atom. The lowest BCUT2D eigenvalue weighted by molar-refractivity contribution is -0.139. The van der Waals surface area contributed by atoms with Gasteiger partial charge >= 0.3 is 0 Å². The van der Waals surface area contributed by atoms with Crippen LogP contribution in [-0.4, -0.2) is 65.0 Å². The molecule has 2 heterocycles. The van der Waals surface area contributed by atoms with Crippen LogP contribution in [0.25, 0.3) is 0 Å². The van der Waals surface area contributed by atoms with Crippen LogP contribution in [0.1, 0.15) is 96.1 Å². The molecule has 0 bridgehead atoms. The molecule has 2 aliphatic heterocycles. The number of amides is 3. The van der Waals surface area contributed by atoms with Crippen LogP contribution in [0.15, 0.2) is 84.9 Å². The van der Waals surface area contributed by atoms with E-state index in [2.05, 4.69) is 29.6 Å². The van der Waals surface area contributed by atoms with Crippen molar-refractivity contribution in [1.29, 1.82) is 0 Å². The zero-order valence-electron chi connectivity index (χ0n) is 26.9. The van der Waals surface area contributed by atoms with Gasteiger partial charge in [-0.25, -0.2) is 0 Å². The van der Waals surface area contributed by atoms with Gasteiger partial charge in [0.25, 0.3) is 17.6 Å². The van der Waals surface area contributed by atoms with Gasteiger partial charge in [0, 0.05) is 31.2 Å². The summed E-state index contributed by atoms with van der Waals surface area (Å²) in [6, 6.07) is 26.6. The fourth-order valence-electron chi connectivity index (χ4n) is 6.81. The summed E-state index contributed by atoms with van der Waals surface area (Å²) >= 11 is 0. The van der Waals surface area contributed by atoms with E-state index in [1.165, 1.54) is 16.0 Å². The number of carbonyl (C=O) groups excluding carboxylic acids is 4. The molecule has 1 unspecified atom stereocenters. The second kappa shape index (κ2) is 16.9. The number of carbonyl (C=O) groups is 4. The van der Waals surface area contributed by atoms with Crippen molar-refractivity contribution in [2.45, 2.75) is 89.1 Å². The highest BCUT2D eigenvalue weighted by Gasteiger charge is 2.37. The Morgan fingerprint density at radius 1 is 0.652 bits per heavy atom. The summed E-state index contributed by atoms with van der Waals surface area (Å²) in [7, 11) is 0. The molecule has 7 heteroatoms. The molecule has 3 aromatic carbocycles. The second-order valence-corrected chi connectivity index (χ2v) is 12.7. The number of ketones is 1. The minimum absolute atomic E-state index is 0.0302. The maximum atomic E-state index is 13.9. The third kappa shape index (κ3) is 8.93. The molecular weight excluding hydrogens is 574 g/mol. The molecule has 2 fully saturated rings. The van der Waals surface area contributed by atoms with E-state index in [0.29, 0.717) is 26.1 Å². The van der Waals surface area contributed by atoms with Gasteiger partial charge in [0.1, 0.15) is 6.04 Å². The van der Waals surface area contributed by atoms with Crippen LogP contribution in [0.4, 0.5) is 0 Å². The fourth-order valence-corrected chi connectivity index (χ4v) is 6.81. The lowest BCUT2D eigenvalue weighted by Gasteiger charge is -2.35. The first-order chi connectivity index (χ1) is 22.5. The third-order valence-electron chi connectivity index (χ3n) is 9.37. The molecule has 7 nitrogen and oxygen atoms in total. The molecule has 1 N–H and O–H groups in total. The molecule has 2 saturated heterocycles. The lowest BCUT2D eigenvalue weighted by Crippen LogP contribution is -2.55. The minimum atomic E-state index is -0.720. The molecule has 0 radical (unpaired) electrons. The van der Waals surface area contributed by atoms with Crippen molar-refractivity contribution in [1.82, 2.24) is 15.1 Å². The topological polar surface area (TPSA) is 86.8 Å². The Balaban J connectivity index is 1.26. The Morgan fingerprint density at radius 3 is 1.80 bits per heavy atom. The predicted octanol–water partition coefficient (Wildman–Crippen LogP) is 6.41. The van der Waals surface area contributed by atoms with Crippen molar-refractivity contribution in [3.8, 4) is 0 Å². The normalized spacial score (nSPS) is 16.7. The monoisotopic (exact) mass is 621 g/mol. The molecule has 3 aromatic rings. The zero-order chi connectivity index (χ0) is 32.1. The quantitative estimate of drug-likeness (QED) is 0.177.